The van der Waals surface area contributed by atoms with Crippen molar-refractivity contribution in [2.75, 3.05) is 19.6 Å². The van der Waals surface area contributed by atoms with Crippen LogP contribution in [-0.2, 0) is 4.74 Å². The van der Waals surface area contributed by atoms with Crippen molar-refractivity contribution in [3.63, 3.8) is 0 Å². The van der Waals surface area contributed by atoms with E-state index in [0.717, 1.165) is 19.6 Å². The molecule has 1 N–H and O–H groups in total. The van der Waals surface area contributed by atoms with Crippen LogP contribution in [0.2, 0.25) is 0 Å². The van der Waals surface area contributed by atoms with Crippen LogP contribution in [0.5, 0.6) is 0 Å². The summed E-state index contributed by atoms with van der Waals surface area (Å²) in [6.07, 6.45) is 2.83. The summed E-state index contributed by atoms with van der Waals surface area (Å²) in [5.74, 6) is 0. The minimum Gasteiger partial charge on any atom is -0.371 e. The van der Waals surface area contributed by atoms with Crippen LogP contribution >= 0.6 is 0 Å². The zero-order chi connectivity index (χ0) is 14.3. The number of piperazine rings is 1. The Balaban J connectivity index is 1.99. The van der Waals surface area contributed by atoms with Crippen LogP contribution in [0.1, 0.15) is 54.4 Å². The molecule has 0 saturated carbocycles. The van der Waals surface area contributed by atoms with Gasteiger partial charge in [-0.3, -0.25) is 4.90 Å². The second-order valence-electron chi connectivity index (χ2n) is 8.18. The maximum atomic E-state index is 6.19. The van der Waals surface area contributed by atoms with Crippen LogP contribution in [0.3, 0.4) is 0 Å². The van der Waals surface area contributed by atoms with Crippen molar-refractivity contribution in [1.82, 2.24) is 10.2 Å². The van der Waals surface area contributed by atoms with Gasteiger partial charge in [-0.1, -0.05) is 20.8 Å². The van der Waals surface area contributed by atoms with E-state index in [1.807, 2.05) is 0 Å². The van der Waals surface area contributed by atoms with Crippen molar-refractivity contribution in [2.24, 2.45) is 5.41 Å². The fourth-order valence-corrected chi connectivity index (χ4v) is 3.51. The average Bonchev–Trinajstić information content (AvgIpc) is 2.56. The van der Waals surface area contributed by atoms with Crippen LogP contribution < -0.4 is 5.32 Å². The molecule has 19 heavy (non-hydrogen) atoms. The van der Waals surface area contributed by atoms with Gasteiger partial charge in [0.15, 0.2) is 0 Å². The molecule has 112 valence electrons. The topological polar surface area (TPSA) is 24.5 Å². The van der Waals surface area contributed by atoms with Gasteiger partial charge in [-0.2, -0.15) is 0 Å². The summed E-state index contributed by atoms with van der Waals surface area (Å²) in [6.45, 7) is 17.1. The minimum absolute atomic E-state index is 0.0849. The van der Waals surface area contributed by atoms with E-state index in [2.05, 4.69) is 51.8 Å². The van der Waals surface area contributed by atoms with E-state index in [4.69, 9.17) is 4.74 Å². The number of hydrogen-bond acceptors (Lipinski definition) is 3. The molecule has 0 spiro atoms. The number of hydrogen-bond donors (Lipinski definition) is 1. The van der Waals surface area contributed by atoms with Gasteiger partial charge >= 0.3 is 0 Å². The van der Waals surface area contributed by atoms with Crippen LogP contribution in [0.15, 0.2) is 0 Å². The average molecular weight is 268 g/mol. The molecule has 2 rings (SSSR count). The summed E-state index contributed by atoms with van der Waals surface area (Å²) >= 11 is 0. The molecule has 0 amide bonds. The Bertz CT molecular complexity index is 308. The molecular formula is C16H32N2O. The molecule has 3 heteroatoms. The van der Waals surface area contributed by atoms with Gasteiger partial charge in [0.25, 0.3) is 0 Å². The SMILES string of the molecule is CC1CN(CC2CCC(C)(C)O2)C(C(C)(C)C)CN1. The smallest absolute Gasteiger partial charge is 0.0710 e. The molecule has 0 aliphatic carbocycles. The summed E-state index contributed by atoms with van der Waals surface area (Å²) in [5.41, 5.74) is 0.406. The lowest BCUT2D eigenvalue weighted by molar-refractivity contribution is -0.0477. The Morgan fingerprint density at radius 3 is 2.53 bits per heavy atom. The molecular weight excluding hydrogens is 236 g/mol. The second kappa shape index (κ2) is 5.34. The summed E-state index contributed by atoms with van der Waals surface area (Å²) < 4.78 is 6.19. The van der Waals surface area contributed by atoms with Crippen molar-refractivity contribution in [3.05, 3.63) is 0 Å². The number of rotatable bonds is 2. The fraction of sp³-hybridized carbons (Fsp3) is 1.00. The fourth-order valence-electron chi connectivity index (χ4n) is 3.51. The van der Waals surface area contributed by atoms with Crippen LogP contribution in [0, 0.1) is 5.41 Å². The Morgan fingerprint density at radius 1 is 1.32 bits per heavy atom. The lowest BCUT2D eigenvalue weighted by Gasteiger charge is -2.46. The molecule has 2 aliphatic heterocycles. The third kappa shape index (κ3) is 3.93. The molecule has 0 aromatic rings. The highest BCUT2D eigenvalue weighted by Crippen LogP contribution is 2.32. The largest absolute Gasteiger partial charge is 0.371 e. The first kappa shape index (κ1) is 15.3. The van der Waals surface area contributed by atoms with Crippen molar-refractivity contribution in [3.8, 4) is 0 Å². The van der Waals surface area contributed by atoms with Gasteiger partial charge in [0.05, 0.1) is 11.7 Å². The number of ether oxygens (including phenoxy) is 1. The first-order valence-corrected chi connectivity index (χ1v) is 7.83. The van der Waals surface area contributed by atoms with Crippen molar-refractivity contribution < 1.29 is 4.74 Å². The van der Waals surface area contributed by atoms with E-state index in [1.54, 1.807) is 0 Å². The van der Waals surface area contributed by atoms with Crippen molar-refractivity contribution in [1.29, 1.82) is 0 Å². The van der Waals surface area contributed by atoms with Crippen LogP contribution in [0.4, 0.5) is 0 Å². The molecule has 2 fully saturated rings. The zero-order valence-electron chi connectivity index (χ0n) is 13.6. The van der Waals surface area contributed by atoms with E-state index < -0.39 is 0 Å². The van der Waals surface area contributed by atoms with E-state index in [1.165, 1.54) is 12.8 Å². The second-order valence-corrected chi connectivity index (χ2v) is 8.18. The summed E-state index contributed by atoms with van der Waals surface area (Å²) in [5, 5.41) is 3.63. The standard InChI is InChI=1S/C16H32N2O/c1-12-10-18(14(9-17-12)15(2,3)4)11-13-7-8-16(5,6)19-13/h12-14,17H,7-11H2,1-6H3. The maximum Gasteiger partial charge on any atom is 0.0710 e. The molecule has 0 radical (unpaired) electrons. The summed E-state index contributed by atoms with van der Waals surface area (Å²) in [6, 6.07) is 1.20. The monoisotopic (exact) mass is 268 g/mol. The molecule has 3 unspecified atom stereocenters. The van der Waals surface area contributed by atoms with E-state index >= 15 is 0 Å². The number of nitrogens with one attached hydrogen (secondary N) is 1. The lowest BCUT2D eigenvalue weighted by atomic mass is 9.83. The number of nitrogens with zero attached hydrogens (tertiary/aromatic N) is 1. The van der Waals surface area contributed by atoms with E-state index in [9.17, 15) is 0 Å². The van der Waals surface area contributed by atoms with E-state index in [-0.39, 0.29) is 5.60 Å². The van der Waals surface area contributed by atoms with Crippen molar-refractivity contribution in [2.45, 2.75) is 78.2 Å². The van der Waals surface area contributed by atoms with Crippen LogP contribution in [0.25, 0.3) is 0 Å². The van der Waals surface area contributed by atoms with Crippen LogP contribution in [-0.4, -0.2) is 48.3 Å². The molecule has 3 nitrogen and oxygen atoms in total. The van der Waals surface area contributed by atoms with Gasteiger partial charge in [-0.15, -0.1) is 0 Å². The van der Waals surface area contributed by atoms with Gasteiger partial charge in [-0.05, 0) is 39.0 Å². The highest BCUT2D eigenvalue weighted by atomic mass is 16.5. The Hall–Kier alpha value is -0.120. The normalized spacial score (nSPS) is 36.6. The lowest BCUT2D eigenvalue weighted by Crippen LogP contribution is -2.61. The molecule has 0 aromatic carbocycles. The predicted molar refractivity (Wildman–Crippen MR) is 80.5 cm³/mol. The zero-order valence-corrected chi connectivity index (χ0v) is 13.6. The molecule has 0 bridgehead atoms. The van der Waals surface area contributed by atoms with Gasteiger partial charge in [0.1, 0.15) is 0 Å². The van der Waals surface area contributed by atoms with Gasteiger partial charge < -0.3 is 10.1 Å². The molecule has 2 aliphatic rings. The predicted octanol–water partition coefficient (Wildman–Crippen LogP) is 2.65. The third-order valence-corrected chi connectivity index (χ3v) is 4.60. The summed E-state index contributed by atoms with van der Waals surface area (Å²) in [4.78, 5) is 2.66. The molecule has 3 atom stereocenters. The maximum absolute atomic E-state index is 6.19. The molecule has 0 aromatic heterocycles. The third-order valence-electron chi connectivity index (χ3n) is 4.60. The molecule has 2 saturated heterocycles. The quantitative estimate of drug-likeness (QED) is 0.833. The summed E-state index contributed by atoms with van der Waals surface area (Å²) in [7, 11) is 0. The highest BCUT2D eigenvalue weighted by molar-refractivity contribution is 4.93. The van der Waals surface area contributed by atoms with Crippen molar-refractivity contribution >= 4 is 0 Å². The highest BCUT2D eigenvalue weighted by Gasteiger charge is 2.38. The molecule has 2 heterocycles. The first-order chi connectivity index (χ1) is 8.67. The Labute approximate surface area is 119 Å². The first-order valence-electron chi connectivity index (χ1n) is 7.83. The van der Waals surface area contributed by atoms with Gasteiger partial charge in [-0.25, -0.2) is 0 Å². The van der Waals surface area contributed by atoms with E-state index in [0.29, 0.717) is 23.6 Å². The Kier molecular flexibility index (Phi) is 4.29. The Morgan fingerprint density at radius 2 is 2.00 bits per heavy atom. The van der Waals surface area contributed by atoms with Gasteiger partial charge in [0, 0.05) is 31.7 Å². The van der Waals surface area contributed by atoms with Gasteiger partial charge in [0.2, 0.25) is 0 Å². The minimum atomic E-state index is 0.0849.